The molecule has 0 aliphatic carbocycles. The number of carbonyl (C=O) groups excluding carboxylic acids is 1. The summed E-state index contributed by atoms with van der Waals surface area (Å²) in [6.45, 7) is 5.97. The first-order chi connectivity index (χ1) is 15.6. The molecule has 2 aliphatic heterocycles. The summed E-state index contributed by atoms with van der Waals surface area (Å²) in [4.78, 5) is 26.8. The molecule has 1 aromatic carbocycles. The number of anilines is 1. The molecule has 3 aromatic rings. The molecule has 0 bridgehead atoms. The molecule has 0 spiro atoms. The van der Waals surface area contributed by atoms with Crippen molar-refractivity contribution in [2.75, 3.05) is 32.0 Å². The number of nitrogens with zero attached hydrogens (tertiary/aromatic N) is 4. The van der Waals surface area contributed by atoms with Crippen molar-refractivity contribution in [2.45, 2.75) is 39.3 Å². The van der Waals surface area contributed by atoms with Crippen molar-refractivity contribution in [3.8, 4) is 11.3 Å². The van der Waals surface area contributed by atoms with E-state index in [1.165, 1.54) is 5.56 Å². The van der Waals surface area contributed by atoms with Crippen molar-refractivity contribution in [1.29, 1.82) is 0 Å². The minimum Gasteiger partial charge on any atom is -0.461 e. The number of aromatic nitrogens is 2. The van der Waals surface area contributed by atoms with Crippen LogP contribution in [0.3, 0.4) is 0 Å². The third-order valence-corrected chi connectivity index (χ3v) is 6.32. The standard InChI is InChI=1S/C25H29N5O2/c1-17-8-9-22(32-17)19-7-5-6-18(14-19)15-29-13-10-21-20(16-29)23(28-25(26-2)27-21)24(31)30-11-3-4-12-30/h5-9,14H,3-4,10-13,15-16H2,1-2H3,(H,26,27,28). The number of hydrogen-bond donors (Lipinski definition) is 1. The Morgan fingerprint density at radius 1 is 1.12 bits per heavy atom. The molecule has 0 saturated carbocycles. The van der Waals surface area contributed by atoms with Crippen molar-refractivity contribution in [3.05, 3.63) is 64.7 Å². The van der Waals surface area contributed by atoms with Gasteiger partial charge in [0.2, 0.25) is 5.95 Å². The van der Waals surface area contributed by atoms with Crippen molar-refractivity contribution < 1.29 is 9.21 Å². The Hall–Kier alpha value is -3.19. The zero-order chi connectivity index (χ0) is 22.1. The fourth-order valence-corrected chi connectivity index (χ4v) is 4.63. The van der Waals surface area contributed by atoms with Crippen LogP contribution in [0.25, 0.3) is 11.3 Å². The van der Waals surface area contributed by atoms with Crippen LogP contribution in [0.1, 0.15) is 45.9 Å². The lowest BCUT2D eigenvalue weighted by Crippen LogP contribution is -2.35. The normalized spacial score (nSPS) is 16.2. The Balaban J connectivity index is 1.39. The molecule has 4 heterocycles. The van der Waals surface area contributed by atoms with E-state index in [0.29, 0.717) is 18.2 Å². The van der Waals surface area contributed by atoms with Crippen LogP contribution in [0.15, 0.2) is 40.8 Å². The first-order valence-electron chi connectivity index (χ1n) is 11.4. The highest BCUT2D eigenvalue weighted by Gasteiger charge is 2.29. The molecule has 5 rings (SSSR count). The van der Waals surface area contributed by atoms with Gasteiger partial charge < -0.3 is 14.6 Å². The Morgan fingerprint density at radius 3 is 2.72 bits per heavy atom. The lowest BCUT2D eigenvalue weighted by Gasteiger charge is -2.30. The number of fused-ring (bicyclic) bond motifs is 1. The molecule has 0 radical (unpaired) electrons. The fraction of sp³-hybridized carbons (Fsp3) is 0.400. The number of nitrogens with one attached hydrogen (secondary N) is 1. The summed E-state index contributed by atoms with van der Waals surface area (Å²) in [5, 5.41) is 3.02. The van der Waals surface area contributed by atoms with E-state index in [9.17, 15) is 4.79 Å². The molecule has 166 valence electrons. The van der Waals surface area contributed by atoms with Gasteiger partial charge in [0, 0.05) is 57.3 Å². The second-order valence-corrected chi connectivity index (χ2v) is 8.64. The summed E-state index contributed by atoms with van der Waals surface area (Å²) >= 11 is 0. The van der Waals surface area contributed by atoms with Gasteiger partial charge in [-0.3, -0.25) is 9.69 Å². The average molecular weight is 432 g/mol. The lowest BCUT2D eigenvalue weighted by atomic mass is 10.0. The summed E-state index contributed by atoms with van der Waals surface area (Å²) in [6.07, 6.45) is 2.94. The maximum atomic E-state index is 13.2. The van der Waals surface area contributed by atoms with Crippen molar-refractivity contribution >= 4 is 11.9 Å². The Kier molecular flexibility index (Phi) is 5.66. The van der Waals surface area contributed by atoms with Gasteiger partial charge in [-0.1, -0.05) is 18.2 Å². The fourth-order valence-electron chi connectivity index (χ4n) is 4.63. The van der Waals surface area contributed by atoms with Gasteiger partial charge in [0.25, 0.3) is 5.91 Å². The zero-order valence-electron chi connectivity index (χ0n) is 18.7. The average Bonchev–Trinajstić information content (AvgIpc) is 3.50. The van der Waals surface area contributed by atoms with Gasteiger partial charge in [0.15, 0.2) is 0 Å². The van der Waals surface area contributed by atoms with Crippen LogP contribution >= 0.6 is 0 Å². The van der Waals surface area contributed by atoms with E-state index in [-0.39, 0.29) is 5.91 Å². The van der Waals surface area contributed by atoms with Crippen LogP contribution in [-0.4, -0.2) is 52.4 Å². The number of benzene rings is 1. The van der Waals surface area contributed by atoms with Crippen molar-refractivity contribution in [2.24, 2.45) is 0 Å². The first-order valence-corrected chi connectivity index (χ1v) is 11.4. The van der Waals surface area contributed by atoms with Gasteiger partial charge in [-0.2, -0.15) is 0 Å². The maximum Gasteiger partial charge on any atom is 0.273 e. The molecule has 2 aliphatic rings. The summed E-state index contributed by atoms with van der Waals surface area (Å²) < 4.78 is 5.80. The van der Waals surface area contributed by atoms with Crippen molar-refractivity contribution in [3.63, 3.8) is 0 Å². The molecule has 0 atom stereocenters. The van der Waals surface area contributed by atoms with Crippen molar-refractivity contribution in [1.82, 2.24) is 19.8 Å². The summed E-state index contributed by atoms with van der Waals surface area (Å²) in [6, 6.07) is 12.5. The zero-order valence-corrected chi connectivity index (χ0v) is 18.7. The highest BCUT2D eigenvalue weighted by Crippen LogP contribution is 2.27. The molecule has 1 amide bonds. The Morgan fingerprint density at radius 2 is 1.97 bits per heavy atom. The topological polar surface area (TPSA) is 74.5 Å². The number of carbonyl (C=O) groups is 1. The summed E-state index contributed by atoms with van der Waals surface area (Å²) in [5.74, 6) is 2.37. The number of furan rings is 1. The second kappa shape index (κ2) is 8.74. The summed E-state index contributed by atoms with van der Waals surface area (Å²) in [7, 11) is 1.80. The molecule has 2 aromatic heterocycles. The van der Waals surface area contributed by atoms with Gasteiger partial charge in [0.05, 0.1) is 5.69 Å². The monoisotopic (exact) mass is 431 g/mol. The predicted molar refractivity (Wildman–Crippen MR) is 123 cm³/mol. The van der Waals surface area contributed by atoms with Gasteiger partial charge in [-0.15, -0.1) is 0 Å². The van der Waals surface area contributed by atoms with E-state index >= 15 is 0 Å². The Bertz CT molecular complexity index is 1130. The third kappa shape index (κ3) is 4.12. The van der Waals surface area contributed by atoms with Gasteiger partial charge >= 0.3 is 0 Å². The number of hydrogen-bond acceptors (Lipinski definition) is 6. The van der Waals surface area contributed by atoms with E-state index in [1.54, 1.807) is 7.05 Å². The molecule has 7 nitrogen and oxygen atoms in total. The van der Waals surface area contributed by atoms with Gasteiger partial charge in [-0.25, -0.2) is 9.97 Å². The van der Waals surface area contributed by atoms with Crippen LogP contribution in [-0.2, 0) is 19.5 Å². The molecule has 1 fully saturated rings. The molecule has 1 saturated heterocycles. The number of aryl methyl sites for hydroxylation is 1. The van der Waals surface area contributed by atoms with Gasteiger partial charge in [-0.05, 0) is 43.5 Å². The highest BCUT2D eigenvalue weighted by molar-refractivity contribution is 5.94. The highest BCUT2D eigenvalue weighted by atomic mass is 16.3. The number of likely N-dealkylation sites (tertiary alicyclic amines) is 1. The van der Waals surface area contributed by atoms with Crippen LogP contribution in [0.2, 0.25) is 0 Å². The van der Waals surface area contributed by atoms with E-state index in [4.69, 9.17) is 4.42 Å². The predicted octanol–water partition coefficient (Wildman–Crippen LogP) is 3.88. The molecule has 0 unspecified atom stereocenters. The Labute approximate surface area is 188 Å². The number of amides is 1. The largest absolute Gasteiger partial charge is 0.461 e. The molecule has 1 N–H and O–H groups in total. The smallest absolute Gasteiger partial charge is 0.273 e. The van der Waals surface area contributed by atoms with Crippen LogP contribution < -0.4 is 5.32 Å². The molecular formula is C25H29N5O2. The van der Waals surface area contributed by atoms with Crippen LogP contribution in [0.4, 0.5) is 5.95 Å². The van der Waals surface area contributed by atoms with Crippen LogP contribution in [0.5, 0.6) is 0 Å². The maximum absolute atomic E-state index is 13.2. The molecule has 32 heavy (non-hydrogen) atoms. The van der Waals surface area contributed by atoms with E-state index < -0.39 is 0 Å². The minimum absolute atomic E-state index is 0.0367. The third-order valence-electron chi connectivity index (χ3n) is 6.32. The SMILES string of the molecule is CNc1nc2c(c(C(=O)N3CCCC3)n1)CN(Cc1cccc(-c3ccc(C)o3)c1)CC2. The molecular weight excluding hydrogens is 402 g/mol. The van der Waals surface area contributed by atoms with E-state index in [0.717, 1.165) is 73.8 Å². The van der Waals surface area contributed by atoms with Crippen LogP contribution in [0, 0.1) is 6.92 Å². The first kappa shape index (κ1) is 20.7. The minimum atomic E-state index is 0.0367. The summed E-state index contributed by atoms with van der Waals surface area (Å²) in [5.41, 5.74) is 4.83. The lowest BCUT2D eigenvalue weighted by molar-refractivity contribution is 0.0783. The van der Waals surface area contributed by atoms with Gasteiger partial charge in [0.1, 0.15) is 17.2 Å². The second-order valence-electron chi connectivity index (χ2n) is 8.64. The quantitative estimate of drug-likeness (QED) is 0.661. The molecule has 7 heteroatoms. The number of rotatable bonds is 5. The van der Waals surface area contributed by atoms with E-state index in [2.05, 4.69) is 44.5 Å². The van der Waals surface area contributed by atoms with E-state index in [1.807, 2.05) is 24.0 Å².